The normalized spacial score (nSPS) is 21.7. The number of hydrogen-bond donors (Lipinski definition) is 1. The zero-order valence-electron chi connectivity index (χ0n) is 10.8. The first-order valence-corrected chi connectivity index (χ1v) is 6.24. The minimum absolute atomic E-state index is 0.149. The topological polar surface area (TPSA) is 32.5 Å². The van der Waals surface area contributed by atoms with Crippen LogP contribution in [0.4, 0.5) is 18.9 Å². The van der Waals surface area contributed by atoms with Crippen molar-refractivity contribution >= 4 is 5.69 Å². The maximum Gasteiger partial charge on any atom is 0.416 e. The van der Waals surface area contributed by atoms with Gasteiger partial charge >= 0.3 is 6.18 Å². The minimum atomic E-state index is -4.28. The summed E-state index contributed by atoms with van der Waals surface area (Å²) >= 11 is 0. The number of halogens is 3. The van der Waals surface area contributed by atoms with E-state index in [1.165, 1.54) is 12.1 Å². The third-order valence-electron chi connectivity index (χ3n) is 3.48. The van der Waals surface area contributed by atoms with Crippen LogP contribution in [0.15, 0.2) is 24.3 Å². The van der Waals surface area contributed by atoms with Crippen molar-refractivity contribution in [3.05, 3.63) is 29.8 Å². The molecule has 19 heavy (non-hydrogen) atoms. The Morgan fingerprint density at radius 1 is 1.21 bits per heavy atom. The molecule has 0 saturated carbocycles. The SMILES string of the molecule is CN1CCN(c2ccc(C(F)(F)F)cc2)C(CN)C1. The third-order valence-corrected chi connectivity index (χ3v) is 3.48. The molecule has 0 bridgehead atoms. The molecule has 1 unspecified atom stereocenters. The maximum atomic E-state index is 12.5. The largest absolute Gasteiger partial charge is 0.416 e. The molecule has 2 N–H and O–H groups in total. The molecule has 0 spiro atoms. The summed E-state index contributed by atoms with van der Waals surface area (Å²) in [5, 5.41) is 0. The van der Waals surface area contributed by atoms with Gasteiger partial charge in [0.1, 0.15) is 0 Å². The number of hydrogen-bond acceptors (Lipinski definition) is 3. The van der Waals surface area contributed by atoms with Crippen LogP contribution in [-0.4, -0.2) is 44.2 Å². The van der Waals surface area contributed by atoms with Gasteiger partial charge in [0, 0.05) is 31.9 Å². The van der Waals surface area contributed by atoms with E-state index in [0.29, 0.717) is 6.54 Å². The van der Waals surface area contributed by atoms with Crippen LogP contribution in [0.5, 0.6) is 0 Å². The number of likely N-dealkylation sites (N-methyl/N-ethyl adjacent to an activating group) is 1. The van der Waals surface area contributed by atoms with E-state index >= 15 is 0 Å². The number of nitrogens with two attached hydrogens (primary N) is 1. The van der Waals surface area contributed by atoms with E-state index in [0.717, 1.165) is 37.5 Å². The number of alkyl halides is 3. The molecule has 1 aromatic carbocycles. The monoisotopic (exact) mass is 273 g/mol. The zero-order valence-corrected chi connectivity index (χ0v) is 10.8. The van der Waals surface area contributed by atoms with Crippen LogP contribution in [-0.2, 0) is 6.18 Å². The highest BCUT2D eigenvalue weighted by Gasteiger charge is 2.31. The molecule has 6 heteroatoms. The fourth-order valence-corrected chi connectivity index (χ4v) is 2.39. The Hall–Kier alpha value is -1.27. The predicted octanol–water partition coefficient (Wildman–Crippen LogP) is 1.78. The van der Waals surface area contributed by atoms with Crippen LogP contribution < -0.4 is 10.6 Å². The van der Waals surface area contributed by atoms with E-state index in [1.54, 1.807) is 0 Å². The van der Waals surface area contributed by atoms with Crippen molar-refractivity contribution in [3.8, 4) is 0 Å². The van der Waals surface area contributed by atoms with Gasteiger partial charge in [0.05, 0.1) is 11.6 Å². The average molecular weight is 273 g/mol. The molecule has 1 aromatic rings. The van der Waals surface area contributed by atoms with Crippen molar-refractivity contribution in [2.24, 2.45) is 5.73 Å². The van der Waals surface area contributed by atoms with Crippen LogP contribution >= 0.6 is 0 Å². The van der Waals surface area contributed by atoms with E-state index in [1.807, 2.05) is 7.05 Å². The summed E-state index contributed by atoms with van der Waals surface area (Å²) in [4.78, 5) is 4.26. The second-order valence-corrected chi connectivity index (χ2v) is 4.89. The molecule has 0 amide bonds. The number of rotatable bonds is 2. The van der Waals surface area contributed by atoms with Crippen molar-refractivity contribution in [1.82, 2.24) is 4.90 Å². The molecule has 3 nitrogen and oxygen atoms in total. The summed E-state index contributed by atoms with van der Waals surface area (Å²) < 4.78 is 37.5. The summed E-state index contributed by atoms with van der Waals surface area (Å²) in [6.45, 7) is 2.99. The van der Waals surface area contributed by atoms with Crippen LogP contribution in [0.1, 0.15) is 5.56 Å². The van der Waals surface area contributed by atoms with Gasteiger partial charge in [-0.05, 0) is 31.3 Å². The fraction of sp³-hybridized carbons (Fsp3) is 0.538. The zero-order chi connectivity index (χ0) is 14.0. The molecule has 2 rings (SSSR count). The number of anilines is 1. The standard InChI is InChI=1S/C13H18F3N3/c1-18-6-7-19(12(8-17)9-18)11-4-2-10(3-5-11)13(14,15)16/h2-5,12H,6-9,17H2,1H3. The average Bonchev–Trinajstić information content (AvgIpc) is 2.37. The van der Waals surface area contributed by atoms with Gasteiger partial charge < -0.3 is 15.5 Å². The second kappa shape index (κ2) is 5.38. The molecule has 1 fully saturated rings. The Kier molecular flexibility index (Phi) is 4.01. The van der Waals surface area contributed by atoms with Gasteiger partial charge in [-0.25, -0.2) is 0 Å². The van der Waals surface area contributed by atoms with Gasteiger partial charge in [-0.1, -0.05) is 0 Å². The fourth-order valence-electron chi connectivity index (χ4n) is 2.39. The smallest absolute Gasteiger partial charge is 0.365 e. The highest BCUT2D eigenvalue weighted by molar-refractivity contribution is 5.49. The lowest BCUT2D eigenvalue weighted by Crippen LogP contribution is -2.55. The summed E-state index contributed by atoms with van der Waals surface area (Å²) in [6.07, 6.45) is -4.28. The first-order valence-electron chi connectivity index (χ1n) is 6.24. The lowest BCUT2D eigenvalue weighted by Gasteiger charge is -2.41. The Bertz CT molecular complexity index is 416. The van der Waals surface area contributed by atoms with Gasteiger partial charge in [0.2, 0.25) is 0 Å². The maximum absolute atomic E-state index is 12.5. The van der Waals surface area contributed by atoms with Crippen molar-refractivity contribution in [3.63, 3.8) is 0 Å². The van der Waals surface area contributed by atoms with Crippen LogP contribution in [0.2, 0.25) is 0 Å². The molecular weight excluding hydrogens is 255 g/mol. The summed E-state index contributed by atoms with van der Waals surface area (Å²) in [6, 6.07) is 5.45. The quantitative estimate of drug-likeness (QED) is 0.891. The van der Waals surface area contributed by atoms with Crippen LogP contribution in [0.3, 0.4) is 0 Å². The van der Waals surface area contributed by atoms with Crippen molar-refractivity contribution in [2.45, 2.75) is 12.2 Å². The summed E-state index contributed by atoms with van der Waals surface area (Å²) in [5.41, 5.74) is 5.93. The third kappa shape index (κ3) is 3.19. The Balaban J connectivity index is 2.17. The number of nitrogens with zero attached hydrogens (tertiary/aromatic N) is 2. The van der Waals surface area contributed by atoms with Gasteiger partial charge in [-0.3, -0.25) is 0 Å². The summed E-state index contributed by atoms with van der Waals surface area (Å²) in [5.74, 6) is 0. The molecule has 1 aliphatic heterocycles. The molecule has 0 aromatic heterocycles. The van der Waals surface area contributed by atoms with Crippen molar-refractivity contribution in [1.29, 1.82) is 0 Å². The molecule has 1 aliphatic rings. The lowest BCUT2D eigenvalue weighted by atomic mass is 10.1. The Morgan fingerprint density at radius 3 is 2.37 bits per heavy atom. The van der Waals surface area contributed by atoms with E-state index < -0.39 is 11.7 Å². The van der Waals surface area contributed by atoms with Crippen LogP contribution in [0, 0.1) is 0 Å². The van der Waals surface area contributed by atoms with E-state index in [9.17, 15) is 13.2 Å². The highest BCUT2D eigenvalue weighted by Crippen LogP contribution is 2.31. The molecule has 1 saturated heterocycles. The molecule has 1 atom stereocenters. The number of benzene rings is 1. The van der Waals surface area contributed by atoms with Crippen molar-refractivity contribution < 1.29 is 13.2 Å². The molecule has 0 aliphatic carbocycles. The highest BCUT2D eigenvalue weighted by atomic mass is 19.4. The van der Waals surface area contributed by atoms with E-state index in [4.69, 9.17) is 5.73 Å². The van der Waals surface area contributed by atoms with Gasteiger partial charge in [-0.2, -0.15) is 13.2 Å². The van der Waals surface area contributed by atoms with Gasteiger partial charge in [0.25, 0.3) is 0 Å². The Morgan fingerprint density at radius 2 is 1.84 bits per heavy atom. The van der Waals surface area contributed by atoms with Gasteiger partial charge in [0.15, 0.2) is 0 Å². The lowest BCUT2D eigenvalue weighted by molar-refractivity contribution is -0.137. The molecule has 106 valence electrons. The molecule has 0 radical (unpaired) electrons. The van der Waals surface area contributed by atoms with E-state index in [2.05, 4.69) is 9.80 Å². The Labute approximate surface area is 110 Å². The molecular formula is C13H18F3N3. The minimum Gasteiger partial charge on any atom is -0.365 e. The first kappa shape index (κ1) is 14.1. The number of piperazine rings is 1. The van der Waals surface area contributed by atoms with E-state index in [-0.39, 0.29) is 6.04 Å². The molecule has 1 heterocycles. The van der Waals surface area contributed by atoms with Crippen molar-refractivity contribution in [2.75, 3.05) is 38.1 Å². The first-order chi connectivity index (χ1) is 8.91. The summed E-state index contributed by atoms with van der Waals surface area (Å²) in [7, 11) is 2.02. The van der Waals surface area contributed by atoms with Crippen LogP contribution in [0.25, 0.3) is 0 Å². The predicted molar refractivity (Wildman–Crippen MR) is 69.1 cm³/mol. The van der Waals surface area contributed by atoms with Gasteiger partial charge in [-0.15, -0.1) is 0 Å². The second-order valence-electron chi connectivity index (χ2n) is 4.89.